The van der Waals surface area contributed by atoms with Gasteiger partial charge in [0.1, 0.15) is 17.3 Å². The van der Waals surface area contributed by atoms with Gasteiger partial charge in [0.25, 0.3) is 0 Å². The Bertz CT molecular complexity index is 597. The number of hydrogen-bond acceptors (Lipinski definition) is 3. The summed E-state index contributed by atoms with van der Waals surface area (Å²) >= 11 is 0. The maximum Gasteiger partial charge on any atom is 0.239 e. The van der Waals surface area contributed by atoms with Crippen LogP contribution < -0.4 is 5.32 Å². The number of sulfonamides is 1. The molecule has 0 heterocycles. The lowest BCUT2D eigenvalue weighted by Gasteiger charge is -2.17. The first-order chi connectivity index (χ1) is 9.25. The van der Waals surface area contributed by atoms with Gasteiger partial charge in [-0.25, -0.2) is 17.2 Å². The number of carbonyl (C=O) groups excluding carboxylic acids is 1. The standard InChI is InChI=1S/C12H14F2N2O3S/c1-3-7-16(20(2,18)19)8-11(17)15-12-9(13)5-4-6-10(12)14/h3-6H,1,7-8H2,2H3,(H,15,17). The van der Waals surface area contributed by atoms with Crippen molar-refractivity contribution in [2.75, 3.05) is 24.7 Å². The number of nitrogens with zero attached hydrogens (tertiary/aromatic N) is 1. The predicted molar refractivity (Wildman–Crippen MR) is 71.6 cm³/mol. The summed E-state index contributed by atoms with van der Waals surface area (Å²) in [5, 5.41) is 2.01. The maximum atomic E-state index is 13.3. The normalized spacial score (nSPS) is 11.4. The Morgan fingerprint density at radius 3 is 2.40 bits per heavy atom. The molecule has 0 bridgehead atoms. The molecule has 5 nitrogen and oxygen atoms in total. The summed E-state index contributed by atoms with van der Waals surface area (Å²) in [4.78, 5) is 11.7. The van der Waals surface area contributed by atoms with Gasteiger partial charge >= 0.3 is 0 Å². The van der Waals surface area contributed by atoms with Crippen molar-refractivity contribution in [3.63, 3.8) is 0 Å². The minimum Gasteiger partial charge on any atom is -0.320 e. The van der Waals surface area contributed by atoms with Crippen LogP contribution in [0.15, 0.2) is 30.9 Å². The molecule has 0 aliphatic carbocycles. The molecule has 1 amide bonds. The van der Waals surface area contributed by atoms with Crippen molar-refractivity contribution in [2.45, 2.75) is 0 Å². The number of anilines is 1. The number of para-hydroxylation sites is 1. The second kappa shape index (κ2) is 6.58. The van der Waals surface area contributed by atoms with Crippen molar-refractivity contribution in [3.05, 3.63) is 42.5 Å². The summed E-state index contributed by atoms with van der Waals surface area (Å²) in [6, 6.07) is 3.12. The highest BCUT2D eigenvalue weighted by Crippen LogP contribution is 2.17. The van der Waals surface area contributed by atoms with E-state index in [1.807, 2.05) is 5.32 Å². The number of amides is 1. The third-order valence-electron chi connectivity index (χ3n) is 2.35. The molecule has 8 heteroatoms. The molecule has 1 aromatic carbocycles. The first kappa shape index (κ1) is 16.3. The molecule has 0 atom stereocenters. The van der Waals surface area contributed by atoms with Gasteiger partial charge in [-0.1, -0.05) is 12.1 Å². The van der Waals surface area contributed by atoms with Crippen LogP contribution in [0.5, 0.6) is 0 Å². The number of hydrogen-bond donors (Lipinski definition) is 1. The average Bonchev–Trinajstić information content (AvgIpc) is 2.32. The van der Waals surface area contributed by atoms with Gasteiger partial charge in [-0.3, -0.25) is 4.79 Å². The molecule has 0 spiro atoms. The van der Waals surface area contributed by atoms with Gasteiger partial charge in [-0.05, 0) is 12.1 Å². The van der Waals surface area contributed by atoms with Crippen molar-refractivity contribution in [3.8, 4) is 0 Å². The summed E-state index contributed by atoms with van der Waals surface area (Å²) in [7, 11) is -3.62. The Hall–Kier alpha value is -1.80. The first-order valence-electron chi connectivity index (χ1n) is 5.55. The minimum atomic E-state index is -3.62. The fraction of sp³-hybridized carbons (Fsp3) is 0.250. The van der Waals surface area contributed by atoms with Crippen LogP contribution in [0.2, 0.25) is 0 Å². The molecule has 20 heavy (non-hydrogen) atoms. The maximum absolute atomic E-state index is 13.3. The smallest absolute Gasteiger partial charge is 0.239 e. The van der Waals surface area contributed by atoms with Crippen molar-refractivity contribution in [1.82, 2.24) is 4.31 Å². The van der Waals surface area contributed by atoms with Gasteiger partial charge in [0, 0.05) is 6.54 Å². The molecule has 0 unspecified atom stereocenters. The molecule has 1 aromatic rings. The van der Waals surface area contributed by atoms with E-state index in [2.05, 4.69) is 6.58 Å². The number of carbonyl (C=O) groups is 1. The molecule has 1 N–H and O–H groups in total. The Morgan fingerprint density at radius 2 is 1.95 bits per heavy atom. The van der Waals surface area contributed by atoms with Crippen LogP contribution >= 0.6 is 0 Å². The number of rotatable bonds is 6. The Labute approximate surface area is 115 Å². The first-order valence-corrected chi connectivity index (χ1v) is 7.40. The van der Waals surface area contributed by atoms with E-state index >= 15 is 0 Å². The highest BCUT2D eigenvalue weighted by molar-refractivity contribution is 7.88. The van der Waals surface area contributed by atoms with Crippen molar-refractivity contribution in [1.29, 1.82) is 0 Å². The van der Waals surface area contributed by atoms with Gasteiger partial charge in [-0.15, -0.1) is 6.58 Å². The molecule has 0 saturated heterocycles. The predicted octanol–water partition coefficient (Wildman–Crippen LogP) is 1.35. The van der Waals surface area contributed by atoms with E-state index in [4.69, 9.17) is 0 Å². The third-order valence-corrected chi connectivity index (χ3v) is 3.57. The van der Waals surface area contributed by atoms with Gasteiger partial charge in [0.05, 0.1) is 12.8 Å². The minimum absolute atomic E-state index is 0.0774. The highest BCUT2D eigenvalue weighted by Gasteiger charge is 2.20. The van der Waals surface area contributed by atoms with Crippen molar-refractivity contribution in [2.24, 2.45) is 0 Å². The lowest BCUT2D eigenvalue weighted by Crippen LogP contribution is -2.37. The van der Waals surface area contributed by atoms with Gasteiger partial charge in [0.15, 0.2) is 0 Å². The Kier molecular flexibility index (Phi) is 5.34. The van der Waals surface area contributed by atoms with E-state index < -0.39 is 39.8 Å². The highest BCUT2D eigenvalue weighted by atomic mass is 32.2. The molecule has 0 aromatic heterocycles. The zero-order chi connectivity index (χ0) is 15.3. The Morgan fingerprint density at radius 1 is 1.40 bits per heavy atom. The van der Waals surface area contributed by atoms with Gasteiger partial charge < -0.3 is 5.32 Å². The van der Waals surface area contributed by atoms with E-state index in [1.165, 1.54) is 6.08 Å². The molecule has 0 aliphatic rings. The van der Waals surface area contributed by atoms with Crippen LogP contribution in [0.25, 0.3) is 0 Å². The molecule has 0 radical (unpaired) electrons. The molecule has 0 aliphatic heterocycles. The largest absolute Gasteiger partial charge is 0.320 e. The Balaban J connectivity index is 2.84. The zero-order valence-electron chi connectivity index (χ0n) is 10.8. The zero-order valence-corrected chi connectivity index (χ0v) is 11.6. The van der Waals surface area contributed by atoms with Crippen LogP contribution in [-0.2, 0) is 14.8 Å². The van der Waals surface area contributed by atoms with E-state index in [-0.39, 0.29) is 6.54 Å². The summed E-state index contributed by atoms with van der Waals surface area (Å²) in [6.45, 7) is 2.74. The van der Waals surface area contributed by atoms with E-state index in [0.29, 0.717) is 0 Å². The summed E-state index contributed by atoms with van der Waals surface area (Å²) in [6.07, 6.45) is 2.23. The van der Waals surface area contributed by atoms with E-state index in [0.717, 1.165) is 28.8 Å². The van der Waals surface area contributed by atoms with E-state index in [9.17, 15) is 22.0 Å². The fourth-order valence-corrected chi connectivity index (χ4v) is 2.15. The molecule has 0 saturated carbocycles. The summed E-state index contributed by atoms with van der Waals surface area (Å²) < 4.78 is 50.3. The van der Waals surface area contributed by atoms with Crippen molar-refractivity contribution >= 4 is 21.6 Å². The van der Waals surface area contributed by atoms with Crippen LogP contribution in [0.1, 0.15) is 0 Å². The SMILES string of the molecule is C=CCN(CC(=O)Nc1c(F)cccc1F)S(C)(=O)=O. The molecule has 110 valence electrons. The topological polar surface area (TPSA) is 66.5 Å². The molecule has 1 rings (SSSR count). The van der Waals surface area contributed by atoms with Crippen molar-refractivity contribution < 1.29 is 22.0 Å². The van der Waals surface area contributed by atoms with Gasteiger partial charge in [-0.2, -0.15) is 4.31 Å². The lowest BCUT2D eigenvalue weighted by molar-refractivity contribution is -0.116. The summed E-state index contributed by atoms with van der Waals surface area (Å²) in [5.41, 5.74) is -0.607. The lowest BCUT2D eigenvalue weighted by atomic mass is 10.3. The van der Waals surface area contributed by atoms with Crippen LogP contribution in [0.4, 0.5) is 14.5 Å². The number of halogens is 2. The van der Waals surface area contributed by atoms with E-state index in [1.54, 1.807) is 0 Å². The summed E-state index contributed by atoms with van der Waals surface area (Å²) in [5.74, 6) is -2.72. The van der Waals surface area contributed by atoms with Crippen LogP contribution in [0.3, 0.4) is 0 Å². The molecular weight excluding hydrogens is 290 g/mol. The molecule has 0 fully saturated rings. The van der Waals surface area contributed by atoms with Gasteiger partial charge in [0.2, 0.25) is 15.9 Å². The number of nitrogens with one attached hydrogen (secondary N) is 1. The fourth-order valence-electron chi connectivity index (χ4n) is 1.42. The second-order valence-electron chi connectivity index (χ2n) is 3.99. The average molecular weight is 304 g/mol. The van der Waals surface area contributed by atoms with Crippen LogP contribution in [0, 0.1) is 11.6 Å². The number of benzene rings is 1. The third kappa shape index (κ3) is 4.39. The second-order valence-corrected chi connectivity index (χ2v) is 5.97. The molecular formula is C12H14F2N2O3S. The van der Waals surface area contributed by atoms with Crippen LogP contribution in [-0.4, -0.2) is 38.0 Å². The quantitative estimate of drug-likeness (QED) is 0.807. The monoisotopic (exact) mass is 304 g/mol.